The smallest absolute Gasteiger partial charge is 0.124 e. The number of hydrogen-bond donors (Lipinski definition) is 1. The maximum absolute atomic E-state index is 13.7. The Kier molecular flexibility index (Phi) is 5.37. The molecule has 2 aromatic rings. The fourth-order valence-electron chi connectivity index (χ4n) is 2.44. The molecule has 0 bridgehead atoms. The third-order valence-corrected chi connectivity index (χ3v) is 3.96. The molecule has 0 spiro atoms. The van der Waals surface area contributed by atoms with Gasteiger partial charge in [0.1, 0.15) is 11.6 Å². The first-order valence-corrected chi connectivity index (χ1v) is 7.69. The standard InChI is InChI=1S/C17H19BrFNO/c1-4-20-17(14-10-13(19)7-5-11(14)2)15-9-12(18)6-8-16(15)21-3/h5-10,17,20H,4H2,1-3H3. The fourth-order valence-corrected chi connectivity index (χ4v) is 2.82. The molecule has 2 nitrogen and oxygen atoms in total. The molecule has 0 heterocycles. The minimum atomic E-state index is -0.229. The Morgan fingerprint density at radius 2 is 1.95 bits per heavy atom. The zero-order valence-electron chi connectivity index (χ0n) is 12.4. The van der Waals surface area contributed by atoms with Crippen molar-refractivity contribution in [3.05, 3.63) is 63.4 Å². The van der Waals surface area contributed by atoms with Gasteiger partial charge in [-0.3, -0.25) is 0 Å². The number of ether oxygens (including phenoxy) is 1. The van der Waals surface area contributed by atoms with Crippen LogP contribution in [0.2, 0.25) is 0 Å². The summed E-state index contributed by atoms with van der Waals surface area (Å²) in [5, 5.41) is 3.42. The van der Waals surface area contributed by atoms with E-state index in [4.69, 9.17) is 4.74 Å². The summed E-state index contributed by atoms with van der Waals surface area (Å²) in [6, 6.07) is 10.6. The monoisotopic (exact) mass is 351 g/mol. The van der Waals surface area contributed by atoms with Crippen molar-refractivity contribution in [1.82, 2.24) is 5.32 Å². The van der Waals surface area contributed by atoms with Gasteiger partial charge in [0.2, 0.25) is 0 Å². The predicted molar refractivity (Wildman–Crippen MR) is 87.4 cm³/mol. The molecule has 0 saturated carbocycles. The minimum Gasteiger partial charge on any atom is -0.496 e. The van der Waals surface area contributed by atoms with Gasteiger partial charge in [0, 0.05) is 10.0 Å². The normalized spacial score (nSPS) is 12.2. The lowest BCUT2D eigenvalue weighted by Gasteiger charge is -2.23. The molecule has 0 amide bonds. The average Bonchev–Trinajstić information content (AvgIpc) is 2.47. The summed E-state index contributed by atoms with van der Waals surface area (Å²) in [5.41, 5.74) is 2.96. The number of nitrogens with one attached hydrogen (secondary N) is 1. The van der Waals surface area contributed by atoms with E-state index in [9.17, 15) is 4.39 Å². The highest BCUT2D eigenvalue weighted by atomic mass is 79.9. The van der Waals surface area contributed by atoms with E-state index in [0.29, 0.717) is 0 Å². The molecule has 0 aliphatic carbocycles. The first-order valence-electron chi connectivity index (χ1n) is 6.89. The Morgan fingerprint density at radius 3 is 2.62 bits per heavy atom. The molecule has 112 valence electrons. The summed E-state index contributed by atoms with van der Waals surface area (Å²) in [4.78, 5) is 0. The van der Waals surface area contributed by atoms with Crippen molar-refractivity contribution in [2.75, 3.05) is 13.7 Å². The fraction of sp³-hybridized carbons (Fsp3) is 0.294. The molecule has 2 rings (SSSR count). The molecule has 2 aromatic carbocycles. The largest absolute Gasteiger partial charge is 0.496 e. The van der Waals surface area contributed by atoms with Gasteiger partial charge in [0.25, 0.3) is 0 Å². The minimum absolute atomic E-state index is 0.113. The quantitative estimate of drug-likeness (QED) is 0.849. The summed E-state index contributed by atoms with van der Waals surface area (Å²) in [6.45, 7) is 4.80. The van der Waals surface area contributed by atoms with Gasteiger partial charge in [-0.15, -0.1) is 0 Å². The molecule has 0 radical (unpaired) electrons. The third-order valence-electron chi connectivity index (χ3n) is 3.46. The van der Waals surface area contributed by atoms with Crippen molar-refractivity contribution in [2.24, 2.45) is 0 Å². The zero-order valence-corrected chi connectivity index (χ0v) is 14.0. The van der Waals surface area contributed by atoms with Gasteiger partial charge in [-0.25, -0.2) is 4.39 Å². The Balaban J connectivity index is 2.58. The number of rotatable bonds is 5. The van der Waals surface area contributed by atoms with E-state index >= 15 is 0 Å². The van der Waals surface area contributed by atoms with E-state index in [1.165, 1.54) is 6.07 Å². The van der Waals surface area contributed by atoms with Crippen LogP contribution < -0.4 is 10.1 Å². The molecule has 0 aliphatic heterocycles. The van der Waals surface area contributed by atoms with Crippen molar-refractivity contribution in [3.63, 3.8) is 0 Å². The van der Waals surface area contributed by atoms with E-state index in [-0.39, 0.29) is 11.9 Å². The molecule has 1 N–H and O–H groups in total. The lowest BCUT2D eigenvalue weighted by Crippen LogP contribution is -2.23. The van der Waals surface area contributed by atoms with E-state index in [0.717, 1.165) is 33.5 Å². The summed E-state index contributed by atoms with van der Waals surface area (Å²) >= 11 is 3.49. The Hall–Kier alpha value is -1.39. The van der Waals surface area contributed by atoms with Crippen molar-refractivity contribution >= 4 is 15.9 Å². The van der Waals surface area contributed by atoms with Crippen LogP contribution in [0.3, 0.4) is 0 Å². The lowest BCUT2D eigenvalue weighted by molar-refractivity contribution is 0.404. The number of aryl methyl sites for hydroxylation is 1. The SMILES string of the molecule is CCNC(c1cc(F)ccc1C)c1cc(Br)ccc1OC. The summed E-state index contributed by atoms with van der Waals surface area (Å²) < 4.78 is 20.1. The van der Waals surface area contributed by atoms with Crippen LogP contribution in [-0.2, 0) is 0 Å². The van der Waals surface area contributed by atoms with Gasteiger partial charge in [-0.1, -0.05) is 28.9 Å². The number of methoxy groups -OCH3 is 1. The predicted octanol–water partition coefficient (Wildman–Crippen LogP) is 4.60. The zero-order chi connectivity index (χ0) is 15.4. The van der Waals surface area contributed by atoms with Crippen LogP contribution in [0.15, 0.2) is 40.9 Å². The van der Waals surface area contributed by atoms with Crippen LogP contribution >= 0.6 is 15.9 Å². The van der Waals surface area contributed by atoms with Crippen LogP contribution in [-0.4, -0.2) is 13.7 Å². The van der Waals surface area contributed by atoms with Gasteiger partial charge in [-0.05, 0) is 54.9 Å². The van der Waals surface area contributed by atoms with Gasteiger partial charge in [-0.2, -0.15) is 0 Å². The maximum Gasteiger partial charge on any atom is 0.124 e. The van der Waals surface area contributed by atoms with Crippen molar-refractivity contribution in [1.29, 1.82) is 0 Å². The Bertz CT molecular complexity index is 630. The molecule has 21 heavy (non-hydrogen) atoms. The first kappa shape index (κ1) is 16.0. The molecular formula is C17H19BrFNO. The molecule has 0 aliphatic rings. The van der Waals surface area contributed by atoms with Gasteiger partial charge in [0.05, 0.1) is 13.2 Å². The average molecular weight is 352 g/mol. The second-order valence-electron chi connectivity index (χ2n) is 4.88. The summed E-state index contributed by atoms with van der Waals surface area (Å²) in [6.07, 6.45) is 0. The second kappa shape index (κ2) is 7.05. The third kappa shape index (κ3) is 3.63. The molecule has 0 saturated heterocycles. The van der Waals surface area contributed by atoms with Crippen LogP contribution in [0.25, 0.3) is 0 Å². The maximum atomic E-state index is 13.7. The highest BCUT2D eigenvalue weighted by Crippen LogP contribution is 2.34. The van der Waals surface area contributed by atoms with Gasteiger partial charge < -0.3 is 10.1 Å². The molecule has 0 aromatic heterocycles. The van der Waals surface area contributed by atoms with Crippen LogP contribution in [0.4, 0.5) is 4.39 Å². The number of halogens is 2. The van der Waals surface area contributed by atoms with Gasteiger partial charge in [0.15, 0.2) is 0 Å². The van der Waals surface area contributed by atoms with Crippen LogP contribution in [0, 0.1) is 12.7 Å². The van der Waals surface area contributed by atoms with Crippen LogP contribution in [0.1, 0.15) is 29.7 Å². The van der Waals surface area contributed by atoms with Gasteiger partial charge >= 0.3 is 0 Å². The number of benzene rings is 2. The van der Waals surface area contributed by atoms with E-state index in [1.807, 2.05) is 32.0 Å². The van der Waals surface area contributed by atoms with E-state index in [2.05, 4.69) is 21.2 Å². The van der Waals surface area contributed by atoms with Crippen LogP contribution in [0.5, 0.6) is 5.75 Å². The topological polar surface area (TPSA) is 21.3 Å². The Labute approximate surface area is 133 Å². The molecule has 0 fully saturated rings. The highest BCUT2D eigenvalue weighted by Gasteiger charge is 2.20. The molecule has 1 unspecified atom stereocenters. The van der Waals surface area contributed by atoms with Crippen molar-refractivity contribution in [3.8, 4) is 5.75 Å². The molecular weight excluding hydrogens is 333 g/mol. The summed E-state index contributed by atoms with van der Waals surface area (Å²) in [5.74, 6) is 0.556. The molecule has 1 atom stereocenters. The highest BCUT2D eigenvalue weighted by molar-refractivity contribution is 9.10. The van der Waals surface area contributed by atoms with Crippen molar-refractivity contribution in [2.45, 2.75) is 19.9 Å². The first-order chi connectivity index (χ1) is 10.1. The Morgan fingerprint density at radius 1 is 1.19 bits per heavy atom. The lowest BCUT2D eigenvalue weighted by atomic mass is 9.94. The second-order valence-corrected chi connectivity index (χ2v) is 5.79. The van der Waals surface area contributed by atoms with E-state index in [1.54, 1.807) is 19.2 Å². The van der Waals surface area contributed by atoms with Crippen molar-refractivity contribution < 1.29 is 9.13 Å². The van der Waals surface area contributed by atoms with E-state index < -0.39 is 0 Å². The summed E-state index contributed by atoms with van der Waals surface area (Å²) in [7, 11) is 1.65. The number of hydrogen-bond acceptors (Lipinski definition) is 2. The molecule has 4 heteroatoms.